The molecule has 5 rings (SSSR count). The Kier molecular flexibility index (Phi) is 5.99. The predicted octanol–water partition coefficient (Wildman–Crippen LogP) is 6.18. The number of amides is 1. The summed E-state index contributed by atoms with van der Waals surface area (Å²) in [5.41, 5.74) is 4.12. The fraction of sp³-hybridized carbons (Fsp3) is 0.593. The molecule has 1 amide bonds. The smallest absolute Gasteiger partial charge is 0.227 e. The largest absolute Gasteiger partial charge is 0.413 e. The van der Waals surface area contributed by atoms with Crippen molar-refractivity contribution in [2.75, 3.05) is 24.6 Å². The Morgan fingerprint density at radius 1 is 1.27 bits per heavy atom. The SMILES string of the molecule is CC(C)(C)[Si](C)(C)OC/C=C(\I)CN1CC[C@@]23c4ccccc4N4C(=O)CCC(=CCC12)[C@H]43. The Balaban J connectivity index is 1.38. The van der Waals surface area contributed by atoms with Crippen molar-refractivity contribution in [2.24, 2.45) is 0 Å². The minimum Gasteiger partial charge on any atom is -0.413 e. The molecule has 0 N–H and O–H groups in total. The number of nitrogens with zero attached hydrogens (tertiary/aromatic N) is 2. The fourth-order valence-electron chi connectivity index (χ4n) is 6.33. The molecule has 0 radical (unpaired) electrons. The summed E-state index contributed by atoms with van der Waals surface area (Å²) in [6.45, 7) is 14.3. The van der Waals surface area contributed by atoms with Crippen molar-refractivity contribution in [1.29, 1.82) is 0 Å². The summed E-state index contributed by atoms with van der Waals surface area (Å²) in [5, 5.41) is 0.235. The molecule has 178 valence electrons. The zero-order valence-electron chi connectivity index (χ0n) is 20.7. The Hall–Kier alpha value is -0.963. The highest BCUT2D eigenvalue weighted by Crippen LogP contribution is 2.60. The van der Waals surface area contributed by atoms with E-state index in [0.717, 1.165) is 32.4 Å². The second-order valence-corrected chi connectivity index (χ2v) is 17.9. The van der Waals surface area contributed by atoms with Crippen molar-refractivity contribution < 1.29 is 9.22 Å². The molecule has 1 spiro atoms. The zero-order valence-corrected chi connectivity index (χ0v) is 23.8. The Bertz CT molecular complexity index is 1030. The first kappa shape index (κ1) is 23.8. The maximum Gasteiger partial charge on any atom is 0.227 e. The van der Waals surface area contributed by atoms with Gasteiger partial charge in [0.05, 0.1) is 12.6 Å². The first-order valence-corrected chi connectivity index (χ1v) is 16.4. The van der Waals surface area contributed by atoms with Crippen LogP contribution in [0.4, 0.5) is 5.69 Å². The average Bonchev–Trinajstić information content (AvgIpc) is 3.27. The number of likely N-dealkylation sites (tertiary alicyclic amines) is 1. The number of carbonyl (C=O) groups excluding carboxylic acids is 1. The van der Waals surface area contributed by atoms with Crippen molar-refractivity contribution in [3.63, 3.8) is 0 Å². The molecule has 1 aromatic rings. The number of benzene rings is 1. The molecule has 0 aromatic heterocycles. The van der Waals surface area contributed by atoms with Crippen LogP contribution in [0.15, 0.2) is 45.6 Å². The number of rotatable bonds is 5. The number of para-hydroxylation sites is 1. The van der Waals surface area contributed by atoms with Crippen molar-refractivity contribution in [3.8, 4) is 0 Å². The molecular weight excluding hydrogens is 539 g/mol. The van der Waals surface area contributed by atoms with Gasteiger partial charge in [0.1, 0.15) is 0 Å². The molecule has 3 atom stereocenters. The average molecular weight is 577 g/mol. The maximum atomic E-state index is 13.0. The third kappa shape index (κ3) is 3.71. The molecule has 0 saturated carbocycles. The quantitative estimate of drug-likeness (QED) is 0.239. The van der Waals surface area contributed by atoms with Crippen LogP contribution in [0.5, 0.6) is 0 Å². The van der Waals surface area contributed by atoms with Crippen molar-refractivity contribution in [3.05, 3.63) is 51.1 Å². The van der Waals surface area contributed by atoms with E-state index in [2.05, 4.69) is 103 Å². The Morgan fingerprint density at radius 2 is 2.03 bits per heavy atom. The van der Waals surface area contributed by atoms with Gasteiger partial charge in [0.15, 0.2) is 8.32 Å². The van der Waals surface area contributed by atoms with Crippen LogP contribution in [0.3, 0.4) is 0 Å². The molecule has 1 unspecified atom stereocenters. The molecular formula is C27H37IN2O2Si. The number of halogens is 1. The van der Waals surface area contributed by atoms with Gasteiger partial charge in [0, 0.05) is 33.7 Å². The monoisotopic (exact) mass is 576 g/mol. The molecule has 1 aromatic carbocycles. The second kappa shape index (κ2) is 8.31. The lowest BCUT2D eigenvalue weighted by molar-refractivity contribution is -0.119. The first-order valence-electron chi connectivity index (χ1n) is 12.4. The second-order valence-electron chi connectivity index (χ2n) is 11.7. The highest BCUT2D eigenvalue weighted by Gasteiger charge is 2.63. The topological polar surface area (TPSA) is 32.8 Å². The summed E-state index contributed by atoms with van der Waals surface area (Å²) in [5.74, 6) is 0.304. The standard InChI is InChI=1S/C27H37IN2O2Si/c1-26(2,3)33(4,5)32-17-14-20(28)18-29-16-15-27-21-8-6-7-9-22(21)30-24(31)13-11-19(25(27)30)10-12-23(27)29/h6-10,14,23,25H,11-13,15-18H2,1-5H3/b20-14-/t23?,25-,27+/m0/s1. The molecule has 0 bridgehead atoms. The summed E-state index contributed by atoms with van der Waals surface area (Å²) >= 11 is 2.51. The normalized spacial score (nSPS) is 29.6. The minimum absolute atomic E-state index is 0.0469. The van der Waals surface area contributed by atoms with Crippen LogP contribution in [0.25, 0.3) is 0 Å². The van der Waals surface area contributed by atoms with E-state index in [1.807, 2.05) is 0 Å². The van der Waals surface area contributed by atoms with Gasteiger partial charge in [-0.05, 0) is 89.8 Å². The number of piperidine rings is 1. The van der Waals surface area contributed by atoms with Crippen LogP contribution in [0, 0.1) is 0 Å². The maximum absolute atomic E-state index is 13.0. The highest BCUT2D eigenvalue weighted by atomic mass is 127. The van der Waals surface area contributed by atoms with Gasteiger partial charge in [0.2, 0.25) is 5.91 Å². The molecule has 4 aliphatic rings. The summed E-state index contributed by atoms with van der Waals surface area (Å²) in [6, 6.07) is 9.40. The van der Waals surface area contributed by atoms with Gasteiger partial charge >= 0.3 is 0 Å². The van der Waals surface area contributed by atoms with E-state index < -0.39 is 8.32 Å². The number of hydrogen-bond donors (Lipinski definition) is 0. The Labute approximate surface area is 213 Å². The van der Waals surface area contributed by atoms with Crippen molar-refractivity contribution in [1.82, 2.24) is 4.90 Å². The molecule has 4 nitrogen and oxygen atoms in total. The van der Waals surface area contributed by atoms with E-state index in [1.54, 1.807) is 0 Å². The molecule has 6 heteroatoms. The number of hydrogen-bond acceptors (Lipinski definition) is 3. The molecule has 1 aliphatic carbocycles. The van der Waals surface area contributed by atoms with Gasteiger partial charge in [-0.25, -0.2) is 0 Å². The van der Waals surface area contributed by atoms with Crippen LogP contribution in [-0.2, 0) is 14.6 Å². The number of fused-ring (bicyclic) bond motifs is 2. The van der Waals surface area contributed by atoms with E-state index in [1.165, 1.54) is 20.4 Å². The number of carbonyl (C=O) groups is 1. The van der Waals surface area contributed by atoms with Crippen LogP contribution in [0.2, 0.25) is 18.1 Å². The third-order valence-corrected chi connectivity index (χ3v) is 14.3. The van der Waals surface area contributed by atoms with Crippen molar-refractivity contribution in [2.45, 2.75) is 82.1 Å². The van der Waals surface area contributed by atoms with Crippen molar-refractivity contribution >= 4 is 42.5 Å². The van der Waals surface area contributed by atoms with E-state index in [0.29, 0.717) is 25.0 Å². The van der Waals surface area contributed by atoms with Gasteiger partial charge in [-0.15, -0.1) is 0 Å². The zero-order chi connectivity index (χ0) is 23.6. The third-order valence-electron chi connectivity index (χ3n) is 9.02. The number of anilines is 1. The molecule has 2 saturated heterocycles. The molecule has 3 heterocycles. The van der Waals surface area contributed by atoms with E-state index >= 15 is 0 Å². The van der Waals surface area contributed by atoms with E-state index in [9.17, 15) is 4.79 Å². The first-order chi connectivity index (χ1) is 15.6. The van der Waals surface area contributed by atoms with Gasteiger partial charge in [-0.1, -0.05) is 45.0 Å². The van der Waals surface area contributed by atoms with E-state index in [4.69, 9.17) is 4.43 Å². The summed E-state index contributed by atoms with van der Waals surface area (Å²) in [7, 11) is -1.73. The van der Waals surface area contributed by atoms with Gasteiger partial charge in [-0.2, -0.15) is 0 Å². The minimum atomic E-state index is -1.73. The van der Waals surface area contributed by atoms with Crippen LogP contribution in [-0.4, -0.2) is 50.9 Å². The molecule has 33 heavy (non-hydrogen) atoms. The predicted molar refractivity (Wildman–Crippen MR) is 147 cm³/mol. The lowest BCUT2D eigenvalue weighted by Crippen LogP contribution is -2.58. The lowest BCUT2D eigenvalue weighted by atomic mass is 9.63. The molecule has 2 fully saturated rings. The highest BCUT2D eigenvalue weighted by molar-refractivity contribution is 14.1. The van der Waals surface area contributed by atoms with Crippen LogP contribution < -0.4 is 4.90 Å². The van der Waals surface area contributed by atoms with Gasteiger partial charge in [0.25, 0.3) is 0 Å². The summed E-state index contributed by atoms with van der Waals surface area (Å²) < 4.78 is 7.76. The van der Waals surface area contributed by atoms with E-state index in [-0.39, 0.29) is 16.5 Å². The van der Waals surface area contributed by atoms with Gasteiger partial charge in [-0.3, -0.25) is 9.69 Å². The Morgan fingerprint density at radius 3 is 2.79 bits per heavy atom. The summed E-state index contributed by atoms with van der Waals surface area (Å²) in [6.07, 6.45) is 8.56. The fourth-order valence-corrected chi connectivity index (χ4v) is 7.88. The lowest BCUT2D eigenvalue weighted by Gasteiger charge is -2.47. The van der Waals surface area contributed by atoms with Crippen LogP contribution in [0.1, 0.15) is 52.0 Å². The van der Waals surface area contributed by atoms with Gasteiger partial charge < -0.3 is 9.33 Å². The molecule has 3 aliphatic heterocycles. The summed E-state index contributed by atoms with van der Waals surface area (Å²) in [4.78, 5) is 17.9. The van der Waals surface area contributed by atoms with Crippen LogP contribution >= 0.6 is 22.6 Å².